The van der Waals surface area contributed by atoms with Gasteiger partial charge in [-0.1, -0.05) is 6.92 Å². The van der Waals surface area contributed by atoms with Crippen molar-refractivity contribution in [3.05, 3.63) is 0 Å². The number of rotatable bonds is 3. The molecule has 0 spiro atoms. The Bertz CT molecular complexity index is 364. The van der Waals surface area contributed by atoms with E-state index in [4.69, 9.17) is 10.5 Å². The highest BCUT2D eigenvalue weighted by atomic mass is 16.6. The molecule has 0 atom stereocenters. The number of nitrogens with one attached hydrogen (secondary N) is 1. The second-order valence-corrected chi connectivity index (χ2v) is 8.09. The SMILES string of the molecule is CC1(CNC2CC(N)C2)CCN(C(=O)OC(C)(C)C)CC1. The van der Waals surface area contributed by atoms with E-state index in [2.05, 4.69) is 12.2 Å². The maximum atomic E-state index is 12.1. The Labute approximate surface area is 128 Å². The topological polar surface area (TPSA) is 67.6 Å². The van der Waals surface area contributed by atoms with E-state index < -0.39 is 5.60 Å². The van der Waals surface area contributed by atoms with Gasteiger partial charge >= 0.3 is 6.09 Å². The number of carbonyl (C=O) groups is 1. The van der Waals surface area contributed by atoms with Gasteiger partial charge in [-0.2, -0.15) is 0 Å². The molecule has 1 saturated heterocycles. The van der Waals surface area contributed by atoms with Crippen molar-refractivity contribution >= 4 is 6.09 Å². The number of nitrogens with zero attached hydrogens (tertiary/aromatic N) is 1. The van der Waals surface area contributed by atoms with E-state index in [0.717, 1.165) is 45.3 Å². The van der Waals surface area contributed by atoms with E-state index in [9.17, 15) is 4.79 Å². The van der Waals surface area contributed by atoms with Crippen LogP contribution in [0.1, 0.15) is 53.4 Å². The first kappa shape index (κ1) is 16.6. The van der Waals surface area contributed by atoms with E-state index in [0.29, 0.717) is 12.1 Å². The second-order valence-electron chi connectivity index (χ2n) is 8.09. The predicted octanol–water partition coefficient (Wildman–Crippen LogP) is 2.10. The van der Waals surface area contributed by atoms with Crippen LogP contribution in [0.25, 0.3) is 0 Å². The van der Waals surface area contributed by atoms with Crippen molar-refractivity contribution in [3.8, 4) is 0 Å². The third kappa shape index (κ3) is 4.85. The standard InChI is InChI=1S/C16H31N3O2/c1-15(2,3)21-14(20)19-7-5-16(4,6-8-19)11-18-13-9-12(17)10-13/h12-13,18H,5-11,17H2,1-4H3. The van der Waals surface area contributed by atoms with Crippen molar-refractivity contribution in [2.24, 2.45) is 11.1 Å². The molecule has 2 aliphatic rings. The van der Waals surface area contributed by atoms with Gasteiger partial charge in [0.05, 0.1) is 0 Å². The number of likely N-dealkylation sites (tertiary alicyclic amines) is 1. The lowest BCUT2D eigenvalue weighted by atomic mass is 9.79. The summed E-state index contributed by atoms with van der Waals surface area (Å²) in [6, 6.07) is 0.991. The highest BCUT2D eigenvalue weighted by Crippen LogP contribution is 2.31. The summed E-state index contributed by atoms with van der Waals surface area (Å²) in [6.07, 6.45) is 4.07. The molecule has 0 aromatic rings. The zero-order valence-electron chi connectivity index (χ0n) is 13.9. The number of hydrogen-bond acceptors (Lipinski definition) is 4. The predicted molar refractivity (Wildman–Crippen MR) is 84.1 cm³/mol. The molecule has 0 bridgehead atoms. The summed E-state index contributed by atoms with van der Waals surface area (Å²) in [5.74, 6) is 0. The van der Waals surface area contributed by atoms with Gasteiger partial charge in [-0.3, -0.25) is 0 Å². The lowest BCUT2D eigenvalue weighted by molar-refractivity contribution is 0.0114. The van der Waals surface area contributed by atoms with Gasteiger partial charge in [0.25, 0.3) is 0 Å². The van der Waals surface area contributed by atoms with Crippen molar-refractivity contribution in [3.63, 3.8) is 0 Å². The van der Waals surface area contributed by atoms with E-state index in [1.54, 1.807) is 0 Å². The van der Waals surface area contributed by atoms with Crippen molar-refractivity contribution in [2.45, 2.75) is 71.1 Å². The average Bonchev–Trinajstić information content (AvgIpc) is 2.32. The maximum absolute atomic E-state index is 12.1. The molecule has 5 heteroatoms. The van der Waals surface area contributed by atoms with E-state index in [1.165, 1.54) is 0 Å². The van der Waals surface area contributed by atoms with Crippen LogP contribution in [0.5, 0.6) is 0 Å². The lowest BCUT2D eigenvalue weighted by Gasteiger charge is -2.42. The lowest BCUT2D eigenvalue weighted by Crippen LogP contribution is -2.53. The summed E-state index contributed by atoms with van der Waals surface area (Å²) in [5.41, 5.74) is 5.68. The minimum Gasteiger partial charge on any atom is -0.444 e. The molecule has 2 rings (SSSR count). The first-order valence-electron chi connectivity index (χ1n) is 8.14. The molecule has 2 fully saturated rings. The molecule has 1 saturated carbocycles. The monoisotopic (exact) mass is 297 g/mol. The normalized spacial score (nSPS) is 28.9. The summed E-state index contributed by atoms with van der Waals surface area (Å²) in [7, 11) is 0. The Balaban J connectivity index is 1.72. The van der Waals surface area contributed by atoms with Crippen LogP contribution in [0.2, 0.25) is 0 Å². The molecule has 1 amide bonds. The molecule has 1 aliphatic carbocycles. The number of hydrogen-bond donors (Lipinski definition) is 2. The Hall–Kier alpha value is -0.810. The number of piperidine rings is 1. The molecule has 21 heavy (non-hydrogen) atoms. The van der Waals surface area contributed by atoms with Gasteiger partial charge in [-0.25, -0.2) is 4.79 Å². The molecule has 0 unspecified atom stereocenters. The van der Waals surface area contributed by atoms with Gasteiger partial charge in [0.1, 0.15) is 5.60 Å². The second kappa shape index (κ2) is 6.13. The molecule has 0 aromatic carbocycles. The molecular weight excluding hydrogens is 266 g/mol. The Morgan fingerprint density at radius 1 is 1.33 bits per heavy atom. The van der Waals surface area contributed by atoms with Gasteiger partial charge in [0.2, 0.25) is 0 Å². The van der Waals surface area contributed by atoms with Gasteiger partial charge in [-0.05, 0) is 51.9 Å². The highest BCUT2D eigenvalue weighted by Gasteiger charge is 2.35. The van der Waals surface area contributed by atoms with Crippen LogP contribution >= 0.6 is 0 Å². The Morgan fingerprint density at radius 3 is 2.38 bits per heavy atom. The molecule has 0 aromatic heterocycles. The fraction of sp³-hybridized carbons (Fsp3) is 0.938. The fourth-order valence-electron chi connectivity index (χ4n) is 2.95. The maximum Gasteiger partial charge on any atom is 0.410 e. The van der Waals surface area contributed by atoms with Crippen molar-refractivity contribution in [1.82, 2.24) is 10.2 Å². The third-order valence-electron chi connectivity index (χ3n) is 4.61. The summed E-state index contributed by atoms with van der Waals surface area (Å²) in [4.78, 5) is 13.9. The minimum absolute atomic E-state index is 0.178. The average molecular weight is 297 g/mol. The molecular formula is C16H31N3O2. The van der Waals surface area contributed by atoms with Crippen LogP contribution in [0.15, 0.2) is 0 Å². The van der Waals surface area contributed by atoms with Crippen LogP contribution in [-0.2, 0) is 4.74 Å². The van der Waals surface area contributed by atoms with Gasteiger partial charge in [0.15, 0.2) is 0 Å². The zero-order chi connectivity index (χ0) is 15.7. The van der Waals surface area contributed by atoms with Crippen molar-refractivity contribution in [1.29, 1.82) is 0 Å². The van der Waals surface area contributed by atoms with E-state index >= 15 is 0 Å². The Morgan fingerprint density at radius 2 is 1.90 bits per heavy atom. The molecule has 1 aliphatic heterocycles. The van der Waals surface area contributed by atoms with Crippen LogP contribution in [0.4, 0.5) is 4.79 Å². The summed E-state index contributed by atoms with van der Waals surface area (Å²) >= 11 is 0. The van der Waals surface area contributed by atoms with Gasteiger partial charge < -0.3 is 20.7 Å². The van der Waals surface area contributed by atoms with Crippen molar-refractivity contribution in [2.75, 3.05) is 19.6 Å². The smallest absolute Gasteiger partial charge is 0.410 e. The van der Waals surface area contributed by atoms with Gasteiger partial charge in [0, 0.05) is 31.7 Å². The Kier molecular flexibility index (Phi) is 4.83. The van der Waals surface area contributed by atoms with Crippen LogP contribution in [0, 0.1) is 5.41 Å². The third-order valence-corrected chi connectivity index (χ3v) is 4.61. The largest absolute Gasteiger partial charge is 0.444 e. The van der Waals surface area contributed by atoms with Gasteiger partial charge in [-0.15, -0.1) is 0 Å². The summed E-state index contributed by atoms with van der Waals surface area (Å²) in [6.45, 7) is 10.6. The molecule has 0 radical (unpaired) electrons. The molecule has 1 heterocycles. The van der Waals surface area contributed by atoms with Crippen LogP contribution in [-0.4, -0.2) is 48.3 Å². The first-order valence-corrected chi connectivity index (χ1v) is 8.14. The minimum atomic E-state index is -0.414. The highest BCUT2D eigenvalue weighted by molar-refractivity contribution is 5.68. The van der Waals surface area contributed by atoms with E-state index in [1.807, 2.05) is 25.7 Å². The molecule has 3 N–H and O–H groups in total. The van der Waals surface area contributed by atoms with Crippen molar-refractivity contribution < 1.29 is 9.53 Å². The van der Waals surface area contributed by atoms with E-state index in [-0.39, 0.29) is 11.5 Å². The number of nitrogens with two attached hydrogens (primary N) is 1. The number of carbonyl (C=O) groups excluding carboxylic acids is 1. The summed E-state index contributed by atoms with van der Waals surface area (Å²) in [5, 5.41) is 3.63. The summed E-state index contributed by atoms with van der Waals surface area (Å²) < 4.78 is 5.44. The fourth-order valence-corrected chi connectivity index (χ4v) is 2.95. The molecule has 5 nitrogen and oxygen atoms in total. The van der Waals surface area contributed by atoms with Crippen LogP contribution in [0.3, 0.4) is 0 Å². The van der Waals surface area contributed by atoms with Crippen LogP contribution < -0.4 is 11.1 Å². The first-order chi connectivity index (χ1) is 9.67. The molecule has 122 valence electrons. The quantitative estimate of drug-likeness (QED) is 0.837. The zero-order valence-corrected chi connectivity index (χ0v) is 13.9. The number of ether oxygens (including phenoxy) is 1. The number of amides is 1.